The molecule has 3 heterocycles. The first-order valence-corrected chi connectivity index (χ1v) is 11.9. The summed E-state index contributed by atoms with van der Waals surface area (Å²) in [7, 11) is 0. The molecule has 5 rings (SSSR count). The molecule has 3 aromatic heterocycles. The second kappa shape index (κ2) is 9.63. The maximum Gasteiger partial charge on any atom is 0.272 e. The number of nitrogens with one attached hydrogen (secondary N) is 1. The molecule has 0 unspecified atom stereocenters. The molecule has 1 N–H and O–H groups in total. The van der Waals surface area contributed by atoms with Crippen molar-refractivity contribution < 1.29 is 13.7 Å². The summed E-state index contributed by atoms with van der Waals surface area (Å²) in [5.41, 5.74) is 2.73. The van der Waals surface area contributed by atoms with Gasteiger partial charge in [0.1, 0.15) is 22.7 Å². The van der Waals surface area contributed by atoms with Crippen molar-refractivity contribution in [2.24, 2.45) is 0 Å². The fourth-order valence-corrected chi connectivity index (χ4v) is 4.78. The van der Waals surface area contributed by atoms with Crippen LogP contribution in [0.2, 0.25) is 0 Å². The molecule has 0 aliphatic carbocycles. The maximum atomic E-state index is 14.3. The number of non-ortho nitro benzene ring substituents is 1. The molecule has 0 amide bonds. The molecule has 0 atom stereocenters. The van der Waals surface area contributed by atoms with Crippen LogP contribution in [-0.4, -0.2) is 21.4 Å². The van der Waals surface area contributed by atoms with Gasteiger partial charge in [-0.25, -0.2) is 14.4 Å². The fraction of sp³-hybridized carbons (Fsp3) is 0.154. The van der Waals surface area contributed by atoms with Gasteiger partial charge in [-0.1, -0.05) is 24.3 Å². The van der Waals surface area contributed by atoms with Gasteiger partial charge in [-0.3, -0.25) is 10.1 Å². The molecular formula is C26H21FN4O3S. The van der Waals surface area contributed by atoms with Crippen molar-refractivity contribution >= 4 is 33.1 Å². The molecule has 7 nitrogen and oxygen atoms in total. The Balaban J connectivity index is 1.24. The third-order valence-corrected chi connectivity index (χ3v) is 6.60. The standard InChI is InChI=1S/C26H21FN4O3S/c1-16-13-22-25(29-24(30-26(22)35-16)19-10-12-34-15-19)28-11-2-3-17-4-6-18(7-5-17)21-9-8-20(31(32)33)14-23(21)27/h4-10,12-15H,2-3,11H2,1H3,(H,28,29,30). The van der Waals surface area contributed by atoms with Crippen molar-refractivity contribution in [2.75, 3.05) is 11.9 Å². The quantitative estimate of drug-likeness (QED) is 0.143. The van der Waals surface area contributed by atoms with Crippen molar-refractivity contribution in [1.82, 2.24) is 9.97 Å². The van der Waals surface area contributed by atoms with E-state index in [0.717, 1.165) is 52.6 Å². The Kier molecular flexibility index (Phi) is 6.24. The molecule has 0 aliphatic heterocycles. The average molecular weight is 489 g/mol. The van der Waals surface area contributed by atoms with Gasteiger partial charge in [0.15, 0.2) is 5.82 Å². The van der Waals surface area contributed by atoms with Gasteiger partial charge in [0.05, 0.1) is 28.2 Å². The lowest BCUT2D eigenvalue weighted by Crippen LogP contribution is -2.06. The van der Waals surface area contributed by atoms with Crippen LogP contribution in [0, 0.1) is 22.9 Å². The summed E-state index contributed by atoms with van der Waals surface area (Å²) in [6, 6.07) is 15.2. The third-order valence-electron chi connectivity index (χ3n) is 5.66. The highest BCUT2D eigenvalue weighted by Crippen LogP contribution is 2.31. The molecule has 0 saturated heterocycles. The van der Waals surface area contributed by atoms with E-state index in [-0.39, 0.29) is 5.69 Å². The van der Waals surface area contributed by atoms with E-state index in [1.165, 1.54) is 17.0 Å². The van der Waals surface area contributed by atoms with Crippen molar-refractivity contribution in [3.05, 3.63) is 93.5 Å². The highest BCUT2D eigenvalue weighted by Gasteiger charge is 2.14. The number of halogens is 1. The smallest absolute Gasteiger partial charge is 0.272 e. The van der Waals surface area contributed by atoms with Gasteiger partial charge < -0.3 is 9.73 Å². The number of anilines is 1. The Morgan fingerprint density at radius 1 is 1.09 bits per heavy atom. The zero-order valence-electron chi connectivity index (χ0n) is 18.8. The Bertz CT molecular complexity index is 1500. The second-order valence-corrected chi connectivity index (χ2v) is 9.37. The van der Waals surface area contributed by atoms with Crippen LogP contribution in [0.3, 0.4) is 0 Å². The average Bonchev–Trinajstić information content (AvgIpc) is 3.51. The second-order valence-electron chi connectivity index (χ2n) is 8.13. The van der Waals surface area contributed by atoms with Crippen LogP contribution in [0.15, 0.2) is 71.5 Å². The summed E-state index contributed by atoms with van der Waals surface area (Å²) in [6.45, 7) is 2.78. The molecule has 0 bridgehead atoms. The topological polar surface area (TPSA) is 94.1 Å². The Labute approximate surface area is 204 Å². The van der Waals surface area contributed by atoms with E-state index < -0.39 is 10.7 Å². The zero-order chi connectivity index (χ0) is 24.4. The van der Waals surface area contributed by atoms with Crippen LogP contribution in [-0.2, 0) is 6.42 Å². The number of nitro groups is 1. The first kappa shape index (κ1) is 22.7. The number of thiophene rings is 1. The van der Waals surface area contributed by atoms with E-state index in [9.17, 15) is 14.5 Å². The van der Waals surface area contributed by atoms with Crippen molar-refractivity contribution in [3.8, 4) is 22.5 Å². The van der Waals surface area contributed by atoms with Crippen LogP contribution in [0.25, 0.3) is 32.7 Å². The van der Waals surface area contributed by atoms with Gasteiger partial charge in [-0.15, -0.1) is 11.3 Å². The summed E-state index contributed by atoms with van der Waals surface area (Å²) < 4.78 is 19.5. The van der Waals surface area contributed by atoms with E-state index in [1.54, 1.807) is 23.9 Å². The predicted octanol–water partition coefficient (Wildman–Crippen LogP) is 7.02. The summed E-state index contributed by atoms with van der Waals surface area (Å²) in [6.07, 6.45) is 4.96. The Morgan fingerprint density at radius 2 is 1.91 bits per heavy atom. The summed E-state index contributed by atoms with van der Waals surface area (Å²) >= 11 is 1.63. The van der Waals surface area contributed by atoms with E-state index in [2.05, 4.69) is 23.3 Å². The minimum atomic E-state index is -0.606. The lowest BCUT2D eigenvalue weighted by atomic mass is 10.0. The molecule has 5 aromatic rings. The van der Waals surface area contributed by atoms with Crippen molar-refractivity contribution in [2.45, 2.75) is 19.8 Å². The minimum absolute atomic E-state index is 0.258. The van der Waals surface area contributed by atoms with E-state index in [0.29, 0.717) is 17.0 Å². The van der Waals surface area contributed by atoms with Gasteiger partial charge in [0.25, 0.3) is 5.69 Å². The van der Waals surface area contributed by atoms with E-state index in [1.807, 2.05) is 30.3 Å². The molecule has 2 aromatic carbocycles. The van der Waals surface area contributed by atoms with Gasteiger partial charge in [-0.2, -0.15) is 0 Å². The summed E-state index contributed by atoms with van der Waals surface area (Å²) in [4.78, 5) is 21.7. The van der Waals surface area contributed by atoms with Crippen LogP contribution in [0.4, 0.5) is 15.9 Å². The molecule has 0 fully saturated rings. The lowest BCUT2D eigenvalue weighted by molar-refractivity contribution is -0.385. The lowest BCUT2D eigenvalue weighted by Gasteiger charge is -2.09. The zero-order valence-corrected chi connectivity index (χ0v) is 19.6. The van der Waals surface area contributed by atoms with Crippen molar-refractivity contribution in [3.63, 3.8) is 0 Å². The monoisotopic (exact) mass is 488 g/mol. The normalized spacial score (nSPS) is 11.1. The molecule has 0 radical (unpaired) electrons. The molecule has 0 spiro atoms. The molecule has 35 heavy (non-hydrogen) atoms. The largest absolute Gasteiger partial charge is 0.472 e. The number of hydrogen-bond donors (Lipinski definition) is 1. The first-order valence-electron chi connectivity index (χ1n) is 11.1. The summed E-state index contributed by atoms with van der Waals surface area (Å²) in [5, 5.41) is 15.3. The SMILES string of the molecule is Cc1cc2c(NCCCc3ccc(-c4ccc([N+](=O)[O-])cc4F)cc3)nc(-c3ccoc3)nc2s1. The number of hydrogen-bond acceptors (Lipinski definition) is 7. The van der Waals surface area contributed by atoms with Gasteiger partial charge in [0, 0.05) is 23.1 Å². The third kappa shape index (κ3) is 4.90. The minimum Gasteiger partial charge on any atom is -0.472 e. The number of furan rings is 1. The van der Waals surface area contributed by atoms with Gasteiger partial charge in [-0.05, 0) is 49.1 Å². The molecular weight excluding hydrogens is 467 g/mol. The molecule has 176 valence electrons. The van der Waals surface area contributed by atoms with Crippen LogP contribution < -0.4 is 5.32 Å². The first-order chi connectivity index (χ1) is 17.0. The Hall–Kier alpha value is -4.11. The number of rotatable bonds is 8. The fourth-order valence-electron chi connectivity index (χ4n) is 3.90. The highest BCUT2D eigenvalue weighted by atomic mass is 32.1. The highest BCUT2D eigenvalue weighted by molar-refractivity contribution is 7.18. The summed E-state index contributed by atoms with van der Waals surface area (Å²) in [5.74, 6) is 0.829. The van der Waals surface area contributed by atoms with Gasteiger partial charge in [0.2, 0.25) is 0 Å². The van der Waals surface area contributed by atoms with Crippen LogP contribution in [0.1, 0.15) is 16.9 Å². The number of benzene rings is 2. The number of nitro benzene ring substituents is 1. The van der Waals surface area contributed by atoms with Gasteiger partial charge >= 0.3 is 0 Å². The maximum absolute atomic E-state index is 14.3. The Morgan fingerprint density at radius 3 is 2.63 bits per heavy atom. The van der Waals surface area contributed by atoms with Crippen LogP contribution >= 0.6 is 11.3 Å². The number of nitrogens with zero attached hydrogens (tertiary/aromatic N) is 3. The number of aryl methyl sites for hydroxylation is 2. The molecule has 0 saturated carbocycles. The van der Waals surface area contributed by atoms with Crippen molar-refractivity contribution in [1.29, 1.82) is 0 Å². The van der Waals surface area contributed by atoms with E-state index in [4.69, 9.17) is 9.40 Å². The van der Waals surface area contributed by atoms with E-state index >= 15 is 0 Å². The number of aromatic nitrogens is 2. The molecule has 0 aliphatic rings. The number of fused-ring (bicyclic) bond motifs is 1. The van der Waals surface area contributed by atoms with Crippen LogP contribution in [0.5, 0.6) is 0 Å². The molecule has 9 heteroatoms. The predicted molar refractivity (Wildman–Crippen MR) is 135 cm³/mol.